The van der Waals surface area contributed by atoms with Gasteiger partial charge in [-0.2, -0.15) is 0 Å². The third-order valence-corrected chi connectivity index (χ3v) is 4.19. The summed E-state index contributed by atoms with van der Waals surface area (Å²) in [6.45, 7) is 9.52. The molecule has 3 heteroatoms. The lowest BCUT2D eigenvalue weighted by Crippen LogP contribution is -2.49. The van der Waals surface area contributed by atoms with Gasteiger partial charge in [0, 0.05) is 45.3 Å². The first-order valence-corrected chi connectivity index (χ1v) is 7.56. The van der Waals surface area contributed by atoms with Crippen molar-refractivity contribution in [2.75, 3.05) is 46.3 Å². The Kier molecular flexibility index (Phi) is 5.67. The Balaban J connectivity index is 1.62. The maximum Gasteiger partial charge on any atom is 0.0169 e. The second-order valence-corrected chi connectivity index (χ2v) is 5.99. The van der Waals surface area contributed by atoms with Crippen LogP contribution in [0.4, 0.5) is 0 Å². The van der Waals surface area contributed by atoms with Gasteiger partial charge in [-0.3, -0.25) is 4.90 Å². The van der Waals surface area contributed by atoms with Crippen LogP contribution >= 0.6 is 0 Å². The van der Waals surface area contributed by atoms with E-state index in [-0.39, 0.29) is 0 Å². The summed E-state index contributed by atoms with van der Waals surface area (Å²) in [5.41, 5.74) is 1.63. The normalized spacial score (nSPS) is 24.9. The summed E-state index contributed by atoms with van der Waals surface area (Å²) in [5.74, 6) is 0. The predicted octanol–water partition coefficient (Wildman–Crippen LogP) is 1.71. The second-order valence-electron chi connectivity index (χ2n) is 5.99. The van der Waals surface area contributed by atoms with Crippen molar-refractivity contribution < 1.29 is 0 Å². The van der Waals surface area contributed by atoms with Crippen molar-refractivity contribution in [2.45, 2.75) is 38.6 Å². The standard InChI is InChI=1S/C15H29N3/c1-14(13-18-10-8-17(2)9-11-18)16-12-15-6-4-3-5-7-15/h6,14,16H,3-5,7-13H2,1-2H3. The molecule has 0 saturated carbocycles. The van der Waals surface area contributed by atoms with Crippen LogP contribution in [0.1, 0.15) is 32.6 Å². The van der Waals surface area contributed by atoms with E-state index in [0.29, 0.717) is 6.04 Å². The summed E-state index contributed by atoms with van der Waals surface area (Å²) >= 11 is 0. The second kappa shape index (κ2) is 7.27. The Bertz CT molecular complexity index is 267. The van der Waals surface area contributed by atoms with Gasteiger partial charge >= 0.3 is 0 Å². The van der Waals surface area contributed by atoms with Crippen LogP contribution in [-0.2, 0) is 0 Å². The zero-order valence-electron chi connectivity index (χ0n) is 12.1. The third-order valence-electron chi connectivity index (χ3n) is 4.19. The minimum Gasteiger partial charge on any atom is -0.309 e. The highest BCUT2D eigenvalue weighted by Gasteiger charge is 2.16. The predicted molar refractivity (Wildman–Crippen MR) is 78.0 cm³/mol. The summed E-state index contributed by atoms with van der Waals surface area (Å²) < 4.78 is 0. The van der Waals surface area contributed by atoms with E-state index in [9.17, 15) is 0 Å². The number of hydrogen-bond donors (Lipinski definition) is 1. The average molecular weight is 251 g/mol. The van der Waals surface area contributed by atoms with Crippen LogP contribution in [0.25, 0.3) is 0 Å². The molecule has 0 aromatic rings. The van der Waals surface area contributed by atoms with E-state index >= 15 is 0 Å². The van der Waals surface area contributed by atoms with Gasteiger partial charge in [0.25, 0.3) is 0 Å². The van der Waals surface area contributed by atoms with Crippen molar-refractivity contribution in [2.24, 2.45) is 0 Å². The SMILES string of the molecule is CC(CN1CCN(C)CC1)NCC1=CCCCC1. The van der Waals surface area contributed by atoms with Crippen molar-refractivity contribution in [1.82, 2.24) is 15.1 Å². The Morgan fingerprint density at radius 1 is 1.22 bits per heavy atom. The van der Waals surface area contributed by atoms with Crippen molar-refractivity contribution in [3.8, 4) is 0 Å². The molecule has 0 bridgehead atoms. The van der Waals surface area contributed by atoms with E-state index in [1.54, 1.807) is 5.57 Å². The Morgan fingerprint density at radius 2 is 2.00 bits per heavy atom. The smallest absolute Gasteiger partial charge is 0.0169 e. The number of allylic oxidation sites excluding steroid dienone is 1. The molecule has 0 spiro atoms. The van der Waals surface area contributed by atoms with Crippen LogP contribution in [0.3, 0.4) is 0 Å². The summed E-state index contributed by atoms with van der Waals surface area (Å²) in [5, 5.41) is 3.69. The molecule has 18 heavy (non-hydrogen) atoms. The first-order chi connectivity index (χ1) is 8.74. The van der Waals surface area contributed by atoms with Crippen LogP contribution in [-0.4, -0.2) is 62.2 Å². The number of piperazine rings is 1. The van der Waals surface area contributed by atoms with Crippen molar-refractivity contribution >= 4 is 0 Å². The van der Waals surface area contributed by atoms with Gasteiger partial charge < -0.3 is 10.2 Å². The highest BCUT2D eigenvalue weighted by molar-refractivity contribution is 5.07. The third kappa shape index (κ3) is 4.71. The highest BCUT2D eigenvalue weighted by atomic mass is 15.3. The molecule has 3 nitrogen and oxygen atoms in total. The van der Waals surface area contributed by atoms with Crippen molar-refractivity contribution in [3.63, 3.8) is 0 Å². The molecule has 104 valence electrons. The molecule has 0 amide bonds. The topological polar surface area (TPSA) is 18.5 Å². The molecule has 1 aliphatic heterocycles. The van der Waals surface area contributed by atoms with Crippen molar-refractivity contribution in [1.29, 1.82) is 0 Å². The fourth-order valence-electron chi connectivity index (χ4n) is 2.85. The molecular formula is C15H29N3. The maximum absolute atomic E-state index is 3.69. The zero-order chi connectivity index (χ0) is 12.8. The lowest BCUT2D eigenvalue weighted by atomic mass is 9.99. The summed E-state index contributed by atoms with van der Waals surface area (Å²) in [4.78, 5) is 5.01. The Labute approximate surface area is 112 Å². The van der Waals surface area contributed by atoms with Crippen LogP contribution in [0.2, 0.25) is 0 Å². The van der Waals surface area contributed by atoms with Gasteiger partial charge in [0.05, 0.1) is 0 Å². The Morgan fingerprint density at radius 3 is 2.67 bits per heavy atom. The van der Waals surface area contributed by atoms with Crippen LogP contribution < -0.4 is 5.32 Å². The van der Waals surface area contributed by atoms with Gasteiger partial charge in [-0.05, 0) is 39.7 Å². The van der Waals surface area contributed by atoms with Gasteiger partial charge in [0.15, 0.2) is 0 Å². The van der Waals surface area contributed by atoms with Crippen LogP contribution in [0.5, 0.6) is 0 Å². The number of likely N-dealkylation sites (N-methyl/N-ethyl adjacent to an activating group) is 1. The molecule has 1 aliphatic carbocycles. The lowest BCUT2D eigenvalue weighted by molar-refractivity contribution is 0.145. The lowest BCUT2D eigenvalue weighted by Gasteiger charge is -2.34. The van der Waals surface area contributed by atoms with E-state index < -0.39 is 0 Å². The maximum atomic E-state index is 3.69. The fraction of sp³-hybridized carbons (Fsp3) is 0.867. The molecule has 1 N–H and O–H groups in total. The summed E-state index contributed by atoms with van der Waals surface area (Å²) in [6, 6.07) is 0.608. The number of hydrogen-bond acceptors (Lipinski definition) is 3. The minimum absolute atomic E-state index is 0.608. The first-order valence-electron chi connectivity index (χ1n) is 7.56. The molecular weight excluding hydrogens is 222 g/mol. The Hall–Kier alpha value is -0.380. The molecule has 1 fully saturated rings. The average Bonchev–Trinajstić information content (AvgIpc) is 2.40. The number of rotatable bonds is 5. The fourth-order valence-corrected chi connectivity index (χ4v) is 2.85. The van der Waals surface area contributed by atoms with E-state index in [4.69, 9.17) is 0 Å². The van der Waals surface area contributed by atoms with Crippen LogP contribution in [0.15, 0.2) is 11.6 Å². The van der Waals surface area contributed by atoms with E-state index in [1.165, 1.54) is 58.4 Å². The molecule has 1 atom stereocenters. The first kappa shape index (κ1) is 14.0. The largest absolute Gasteiger partial charge is 0.309 e. The van der Waals surface area contributed by atoms with E-state index in [0.717, 1.165) is 6.54 Å². The van der Waals surface area contributed by atoms with Gasteiger partial charge in [0.1, 0.15) is 0 Å². The summed E-state index contributed by atoms with van der Waals surface area (Å²) in [6.07, 6.45) is 7.83. The molecule has 0 aromatic carbocycles. The number of nitrogens with one attached hydrogen (secondary N) is 1. The number of nitrogens with zero attached hydrogens (tertiary/aromatic N) is 2. The van der Waals surface area contributed by atoms with Gasteiger partial charge in [0.2, 0.25) is 0 Å². The molecule has 1 saturated heterocycles. The summed E-state index contributed by atoms with van der Waals surface area (Å²) in [7, 11) is 2.22. The van der Waals surface area contributed by atoms with Crippen molar-refractivity contribution in [3.05, 3.63) is 11.6 Å². The minimum atomic E-state index is 0.608. The molecule has 1 heterocycles. The highest BCUT2D eigenvalue weighted by Crippen LogP contribution is 2.16. The molecule has 1 unspecified atom stereocenters. The van der Waals surface area contributed by atoms with Gasteiger partial charge in [-0.1, -0.05) is 11.6 Å². The molecule has 2 rings (SSSR count). The quantitative estimate of drug-likeness (QED) is 0.751. The van der Waals surface area contributed by atoms with Crippen LogP contribution in [0, 0.1) is 0 Å². The van der Waals surface area contributed by atoms with Gasteiger partial charge in [-0.25, -0.2) is 0 Å². The molecule has 0 radical (unpaired) electrons. The zero-order valence-corrected chi connectivity index (χ0v) is 12.1. The van der Waals surface area contributed by atoms with E-state index in [2.05, 4.69) is 35.2 Å². The van der Waals surface area contributed by atoms with Gasteiger partial charge in [-0.15, -0.1) is 0 Å². The molecule has 2 aliphatic rings. The van der Waals surface area contributed by atoms with E-state index in [1.807, 2.05) is 0 Å². The monoisotopic (exact) mass is 251 g/mol. The molecule has 0 aromatic heterocycles.